The van der Waals surface area contributed by atoms with E-state index in [1.165, 1.54) is 38.1 Å². The SMILES string of the molecule is CC(=O)OC[C@@H]1O[C@@H](Oc2ccc(C(C)=O)cc2)[C@@H](OC(C)=O)[C@@H](OC(C)=O)[C@@H]1OC(C)=O. The third-order valence-corrected chi connectivity index (χ3v) is 4.46. The van der Waals surface area contributed by atoms with Crippen molar-refractivity contribution in [2.24, 2.45) is 0 Å². The summed E-state index contributed by atoms with van der Waals surface area (Å²) in [7, 11) is 0. The summed E-state index contributed by atoms with van der Waals surface area (Å²) in [4.78, 5) is 58.2. The molecule has 0 bridgehead atoms. The van der Waals surface area contributed by atoms with E-state index in [0.717, 1.165) is 20.8 Å². The second-order valence-corrected chi connectivity index (χ2v) is 7.27. The Morgan fingerprint density at radius 2 is 1.24 bits per heavy atom. The van der Waals surface area contributed by atoms with Crippen LogP contribution < -0.4 is 4.74 Å². The van der Waals surface area contributed by atoms with E-state index in [2.05, 4.69) is 0 Å². The molecule has 1 aliphatic rings. The van der Waals surface area contributed by atoms with Gasteiger partial charge in [0, 0.05) is 33.3 Å². The van der Waals surface area contributed by atoms with Crippen LogP contribution in [0.2, 0.25) is 0 Å². The molecular weight excluding hydrogens is 440 g/mol. The molecule has 0 amide bonds. The fraction of sp³-hybridized carbons (Fsp3) is 0.500. The van der Waals surface area contributed by atoms with E-state index in [4.69, 9.17) is 28.4 Å². The number of hydrogen-bond donors (Lipinski definition) is 0. The fourth-order valence-corrected chi connectivity index (χ4v) is 3.19. The van der Waals surface area contributed by atoms with Crippen molar-refractivity contribution < 1.29 is 52.4 Å². The third kappa shape index (κ3) is 7.56. The number of carbonyl (C=O) groups is 5. The van der Waals surface area contributed by atoms with Gasteiger partial charge in [-0.1, -0.05) is 0 Å². The van der Waals surface area contributed by atoms with E-state index < -0.39 is 54.6 Å². The minimum Gasteiger partial charge on any atom is -0.463 e. The molecule has 1 aromatic rings. The molecule has 33 heavy (non-hydrogen) atoms. The van der Waals surface area contributed by atoms with Gasteiger partial charge in [-0.2, -0.15) is 0 Å². The third-order valence-electron chi connectivity index (χ3n) is 4.46. The van der Waals surface area contributed by atoms with Gasteiger partial charge in [0.1, 0.15) is 18.5 Å². The number of Topliss-reactive ketones (excluding diaryl/α,β-unsaturated/α-hetero) is 1. The van der Waals surface area contributed by atoms with Gasteiger partial charge in [-0.15, -0.1) is 0 Å². The quantitative estimate of drug-likeness (QED) is 0.311. The lowest BCUT2D eigenvalue weighted by molar-refractivity contribution is -0.288. The summed E-state index contributed by atoms with van der Waals surface area (Å²) in [6.45, 7) is 5.63. The van der Waals surface area contributed by atoms with Crippen molar-refractivity contribution in [3.63, 3.8) is 0 Å². The molecule has 0 radical (unpaired) electrons. The number of esters is 4. The van der Waals surface area contributed by atoms with Crippen molar-refractivity contribution in [2.45, 2.75) is 65.3 Å². The van der Waals surface area contributed by atoms with Crippen molar-refractivity contribution in [1.29, 1.82) is 0 Å². The molecule has 1 fully saturated rings. The topological polar surface area (TPSA) is 141 Å². The number of benzene rings is 1. The van der Waals surface area contributed by atoms with E-state index in [0.29, 0.717) is 5.56 Å². The van der Waals surface area contributed by atoms with Gasteiger partial charge in [0.05, 0.1) is 0 Å². The largest absolute Gasteiger partial charge is 0.463 e. The van der Waals surface area contributed by atoms with Gasteiger partial charge in [0.25, 0.3) is 0 Å². The summed E-state index contributed by atoms with van der Waals surface area (Å²) in [5, 5.41) is 0. The van der Waals surface area contributed by atoms with E-state index in [1.54, 1.807) is 0 Å². The van der Waals surface area contributed by atoms with Crippen LogP contribution in [0.4, 0.5) is 0 Å². The van der Waals surface area contributed by atoms with Crippen molar-refractivity contribution >= 4 is 29.7 Å². The highest BCUT2D eigenvalue weighted by molar-refractivity contribution is 5.94. The predicted molar refractivity (Wildman–Crippen MR) is 109 cm³/mol. The van der Waals surface area contributed by atoms with Crippen LogP contribution in [-0.2, 0) is 42.9 Å². The highest BCUT2D eigenvalue weighted by atomic mass is 16.7. The highest BCUT2D eigenvalue weighted by Crippen LogP contribution is 2.31. The molecule has 0 aliphatic carbocycles. The first kappa shape index (κ1) is 25.8. The zero-order chi connectivity index (χ0) is 24.7. The number of carbonyl (C=O) groups excluding carboxylic acids is 5. The summed E-state index contributed by atoms with van der Waals surface area (Å²) < 4.78 is 32.6. The predicted octanol–water partition coefficient (Wildman–Crippen LogP) is 1.35. The van der Waals surface area contributed by atoms with Crippen LogP contribution in [0.25, 0.3) is 0 Å². The van der Waals surface area contributed by atoms with Crippen LogP contribution in [0.15, 0.2) is 24.3 Å². The van der Waals surface area contributed by atoms with Crippen LogP contribution in [0.3, 0.4) is 0 Å². The highest BCUT2D eigenvalue weighted by Gasteiger charge is 2.53. The van der Waals surface area contributed by atoms with Crippen molar-refractivity contribution in [1.82, 2.24) is 0 Å². The second kappa shape index (κ2) is 11.4. The van der Waals surface area contributed by atoms with Gasteiger partial charge in [-0.3, -0.25) is 24.0 Å². The lowest BCUT2D eigenvalue weighted by atomic mass is 9.98. The molecule has 5 atom stereocenters. The smallest absolute Gasteiger partial charge is 0.303 e. The monoisotopic (exact) mass is 466 g/mol. The molecule has 0 aromatic heterocycles. The Balaban J connectivity index is 2.43. The Hall–Kier alpha value is -3.47. The maximum atomic E-state index is 11.8. The van der Waals surface area contributed by atoms with E-state index in [-0.39, 0.29) is 18.1 Å². The van der Waals surface area contributed by atoms with Gasteiger partial charge in [-0.25, -0.2) is 0 Å². The van der Waals surface area contributed by atoms with Crippen LogP contribution >= 0.6 is 0 Å². The number of ketones is 1. The Labute approximate surface area is 190 Å². The summed E-state index contributed by atoms with van der Waals surface area (Å²) >= 11 is 0. The standard InChI is InChI=1S/C22H26O11/c1-11(23)16-6-8-17(9-7-16)32-22-21(31-15(5)27)20(30-14(4)26)19(29-13(3)25)18(33-22)10-28-12(2)24/h6-9,18-22H,10H2,1-5H3/t18-,19+,20-,21-,22+/m0/s1. The minimum absolute atomic E-state index is 0.145. The molecule has 1 heterocycles. The Morgan fingerprint density at radius 3 is 1.73 bits per heavy atom. The lowest BCUT2D eigenvalue weighted by Crippen LogP contribution is -2.63. The molecular formula is C22H26O11. The molecule has 0 N–H and O–H groups in total. The average molecular weight is 466 g/mol. The van der Waals surface area contributed by atoms with Gasteiger partial charge < -0.3 is 28.4 Å². The zero-order valence-electron chi connectivity index (χ0n) is 18.9. The summed E-state index contributed by atoms with van der Waals surface area (Å²) in [5.74, 6) is -2.72. The summed E-state index contributed by atoms with van der Waals surface area (Å²) in [5.41, 5.74) is 0.448. The summed E-state index contributed by atoms with van der Waals surface area (Å²) in [6.07, 6.45) is -6.39. The maximum absolute atomic E-state index is 11.8. The van der Waals surface area contributed by atoms with E-state index in [1.807, 2.05) is 0 Å². The van der Waals surface area contributed by atoms with Crippen LogP contribution in [-0.4, -0.2) is 67.0 Å². The molecule has 1 aliphatic heterocycles. The van der Waals surface area contributed by atoms with Crippen LogP contribution in [0, 0.1) is 0 Å². The Bertz CT molecular complexity index is 892. The molecule has 1 saturated heterocycles. The minimum atomic E-state index is -1.34. The van der Waals surface area contributed by atoms with Gasteiger partial charge >= 0.3 is 23.9 Å². The molecule has 0 saturated carbocycles. The number of ether oxygens (including phenoxy) is 6. The molecule has 2 rings (SSSR count). The second-order valence-electron chi connectivity index (χ2n) is 7.27. The first-order valence-corrected chi connectivity index (χ1v) is 10.1. The molecule has 1 aromatic carbocycles. The van der Waals surface area contributed by atoms with E-state index in [9.17, 15) is 24.0 Å². The van der Waals surface area contributed by atoms with Crippen molar-refractivity contribution in [3.8, 4) is 5.75 Å². The normalized spacial score (nSPS) is 24.2. The van der Waals surface area contributed by atoms with Gasteiger partial charge in [0.2, 0.25) is 12.4 Å². The first-order valence-electron chi connectivity index (χ1n) is 10.1. The molecule has 11 nitrogen and oxygen atoms in total. The van der Waals surface area contributed by atoms with Crippen molar-refractivity contribution in [3.05, 3.63) is 29.8 Å². The number of hydrogen-bond acceptors (Lipinski definition) is 11. The van der Waals surface area contributed by atoms with Crippen LogP contribution in [0.1, 0.15) is 45.0 Å². The van der Waals surface area contributed by atoms with Gasteiger partial charge in [0.15, 0.2) is 18.0 Å². The van der Waals surface area contributed by atoms with Crippen LogP contribution in [0.5, 0.6) is 5.75 Å². The molecule has 180 valence electrons. The fourth-order valence-electron chi connectivity index (χ4n) is 3.19. The lowest BCUT2D eigenvalue weighted by Gasteiger charge is -2.43. The first-order chi connectivity index (χ1) is 15.5. The number of rotatable bonds is 8. The zero-order valence-corrected chi connectivity index (χ0v) is 18.9. The summed E-state index contributed by atoms with van der Waals surface area (Å²) in [6, 6.07) is 6.07. The van der Waals surface area contributed by atoms with E-state index >= 15 is 0 Å². The maximum Gasteiger partial charge on any atom is 0.303 e. The average Bonchev–Trinajstić information content (AvgIpc) is 2.70. The Kier molecular flexibility index (Phi) is 8.92. The Morgan fingerprint density at radius 1 is 0.727 bits per heavy atom. The molecule has 0 unspecified atom stereocenters. The molecule has 11 heteroatoms. The van der Waals surface area contributed by atoms with Crippen molar-refractivity contribution in [2.75, 3.05) is 6.61 Å². The van der Waals surface area contributed by atoms with Gasteiger partial charge in [-0.05, 0) is 31.2 Å². The molecule has 0 spiro atoms.